The summed E-state index contributed by atoms with van der Waals surface area (Å²) >= 11 is 0. The van der Waals surface area contributed by atoms with E-state index in [2.05, 4.69) is 16.0 Å². The first-order chi connectivity index (χ1) is 14.4. The molecule has 7 nitrogen and oxygen atoms in total. The van der Waals surface area contributed by atoms with Crippen molar-refractivity contribution < 1.29 is 23.7 Å². The average Bonchev–Trinajstić information content (AvgIpc) is 2.69. The summed E-state index contributed by atoms with van der Waals surface area (Å²) in [5.74, 6) is -1.44. The van der Waals surface area contributed by atoms with Crippen molar-refractivity contribution in [2.45, 2.75) is 0 Å². The summed E-state index contributed by atoms with van der Waals surface area (Å²) in [4.78, 5) is 36.8. The summed E-state index contributed by atoms with van der Waals surface area (Å²) in [5, 5.41) is 9.19. The van der Waals surface area contributed by atoms with Gasteiger partial charge in [-0.1, -0.05) is 48.5 Å². The number of likely N-dealkylation sites (N-methyl/N-ethyl adjacent to an activating group) is 1. The highest BCUT2D eigenvalue weighted by atomic mass is 19.1. The van der Waals surface area contributed by atoms with Crippen LogP contribution in [0.3, 0.4) is 0 Å². The molecule has 3 aromatic carbocycles. The number of urea groups is 1. The number of anilines is 2. The highest BCUT2D eigenvalue weighted by Gasteiger charge is 2.17. The minimum atomic E-state index is -0.835. The van der Waals surface area contributed by atoms with Crippen molar-refractivity contribution in [3.05, 3.63) is 72.5 Å². The van der Waals surface area contributed by atoms with Gasteiger partial charge in [0.2, 0.25) is 0 Å². The number of halogens is 1. The second kappa shape index (κ2) is 9.62. The van der Waals surface area contributed by atoms with Crippen molar-refractivity contribution in [3.63, 3.8) is 0 Å². The molecule has 0 bridgehead atoms. The van der Waals surface area contributed by atoms with E-state index in [0.717, 1.165) is 10.8 Å². The van der Waals surface area contributed by atoms with E-state index in [-0.39, 0.29) is 24.7 Å². The molecule has 3 aromatic rings. The Hall–Kier alpha value is -3.78. The Labute approximate surface area is 172 Å². The minimum absolute atomic E-state index is 0.0297. The molecule has 8 heteroatoms. The van der Waals surface area contributed by atoms with Gasteiger partial charge in [-0.2, -0.15) is 0 Å². The van der Waals surface area contributed by atoms with Crippen molar-refractivity contribution in [2.75, 3.05) is 30.8 Å². The molecular weight excluding hydrogens is 387 g/mol. The number of quaternary nitrogens is 1. The lowest BCUT2D eigenvalue weighted by atomic mass is 10.1. The number of carbonyl (C=O) groups is 3. The van der Waals surface area contributed by atoms with Crippen LogP contribution < -0.4 is 20.9 Å². The number of nitrogens with one attached hydrogen (secondary N) is 4. The molecule has 4 N–H and O–H groups in total. The van der Waals surface area contributed by atoms with Crippen LogP contribution in [-0.2, 0) is 9.59 Å². The number of para-hydroxylation sites is 1. The second-order valence-electron chi connectivity index (χ2n) is 6.87. The molecule has 1 unspecified atom stereocenters. The van der Waals surface area contributed by atoms with E-state index >= 15 is 0 Å². The van der Waals surface area contributed by atoms with Crippen LogP contribution in [0.25, 0.3) is 10.8 Å². The molecule has 3 rings (SSSR count). The molecule has 0 aliphatic carbocycles. The first-order valence-electron chi connectivity index (χ1n) is 9.36. The normalized spacial score (nSPS) is 11.5. The zero-order valence-electron chi connectivity index (χ0n) is 16.4. The molecule has 0 aliphatic rings. The quantitative estimate of drug-likeness (QED) is 0.500. The maximum Gasteiger partial charge on any atom is 0.326 e. The van der Waals surface area contributed by atoms with Gasteiger partial charge in [-0.15, -0.1) is 0 Å². The Morgan fingerprint density at radius 1 is 0.800 bits per heavy atom. The molecule has 0 heterocycles. The van der Waals surface area contributed by atoms with E-state index in [1.165, 1.54) is 18.2 Å². The first kappa shape index (κ1) is 20.9. The summed E-state index contributed by atoms with van der Waals surface area (Å²) in [6.45, 7) is -0.0702. The van der Waals surface area contributed by atoms with Gasteiger partial charge >= 0.3 is 6.03 Å². The van der Waals surface area contributed by atoms with Crippen LogP contribution in [0.4, 0.5) is 20.6 Å². The van der Waals surface area contributed by atoms with Crippen molar-refractivity contribution >= 4 is 40.0 Å². The van der Waals surface area contributed by atoms with E-state index in [0.29, 0.717) is 10.6 Å². The van der Waals surface area contributed by atoms with E-state index in [4.69, 9.17) is 0 Å². The zero-order chi connectivity index (χ0) is 21.5. The van der Waals surface area contributed by atoms with Crippen LogP contribution in [0.5, 0.6) is 0 Å². The van der Waals surface area contributed by atoms with Gasteiger partial charge in [0, 0.05) is 11.1 Å². The minimum Gasteiger partial charge on any atom is -0.322 e. The van der Waals surface area contributed by atoms with E-state index in [9.17, 15) is 18.8 Å². The standard InChI is InChI=1S/C22H21FN4O3/c1-27(14-21(29)26-22(30)25-19-11-5-4-10-17(19)23)13-20(28)24-18-12-6-8-15-7-2-3-9-16(15)18/h2-12H,13-14H2,1H3,(H,24,28)(H2,25,26,29,30)/p+1. The summed E-state index contributed by atoms with van der Waals surface area (Å²) in [7, 11) is 1.66. The Morgan fingerprint density at radius 3 is 2.23 bits per heavy atom. The number of hydrogen-bond donors (Lipinski definition) is 4. The summed E-state index contributed by atoms with van der Waals surface area (Å²) < 4.78 is 13.5. The Balaban J connectivity index is 1.49. The molecule has 0 aliphatic heterocycles. The molecule has 0 saturated heterocycles. The predicted octanol–water partition coefficient (Wildman–Crippen LogP) is 1.78. The lowest BCUT2D eigenvalue weighted by Gasteiger charge is -2.14. The molecule has 0 aromatic heterocycles. The second-order valence-corrected chi connectivity index (χ2v) is 6.87. The fraction of sp³-hybridized carbons (Fsp3) is 0.136. The largest absolute Gasteiger partial charge is 0.326 e. The fourth-order valence-corrected chi connectivity index (χ4v) is 3.03. The van der Waals surface area contributed by atoms with Crippen LogP contribution in [0.1, 0.15) is 0 Å². The SMILES string of the molecule is C[NH+](CC(=O)NC(=O)Nc1ccccc1F)CC(=O)Nc1cccc2ccccc12. The molecule has 0 saturated carbocycles. The third-order valence-electron chi connectivity index (χ3n) is 4.36. The molecule has 30 heavy (non-hydrogen) atoms. The molecule has 1 atom stereocenters. The van der Waals surface area contributed by atoms with Crippen LogP contribution in [0.15, 0.2) is 66.7 Å². The Kier molecular flexibility index (Phi) is 6.71. The maximum absolute atomic E-state index is 13.5. The monoisotopic (exact) mass is 409 g/mol. The third-order valence-corrected chi connectivity index (χ3v) is 4.36. The topological polar surface area (TPSA) is 91.7 Å². The van der Waals surface area contributed by atoms with Gasteiger partial charge in [0.25, 0.3) is 11.8 Å². The first-order valence-corrected chi connectivity index (χ1v) is 9.36. The summed E-state index contributed by atoms with van der Waals surface area (Å²) in [5.41, 5.74) is 0.664. The smallest absolute Gasteiger partial charge is 0.322 e. The van der Waals surface area contributed by atoms with Crippen LogP contribution in [0, 0.1) is 5.82 Å². The van der Waals surface area contributed by atoms with Gasteiger partial charge in [0.05, 0.1) is 12.7 Å². The van der Waals surface area contributed by atoms with Gasteiger partial charge in [-0.3, -0.25) is 14.9 Å². The highest BCUT2D eigenvalue weighted by molar-refractivity contribution is 6.03. The Morgan fingerprint density at radius 2 is 1.43 bits per heavy atom. The number of amides is 4. The maximum atomic E-state index is 13.5. The molecule has 154 valence electrons. The lowest BCUT2D eigenvalue weighted by molar-refractivity contribution is -0.862. The van der Waals surface area contributed by atoms with Crippen molar-refractivity contribution in [3.8, 4) is 0 Å². The third kappa shape index (κ3) is 5.62. The molecule has 0 radical (unpaired) electrons. The van der Waals surface area contributed by atoms with E-state index < -0.39 is 17.8 Å². The molecule has 0 fully saturated rings. The fourth-order valence-electron chi connectivity index (χ4n) is 3.03. The Bertz CT molecular complexity index is 1080. The van der Waals surface area contributed by atoms with Gasteiger partial charge in [0.1, 0.15) is 5.82 Å². The van der Waals surface area contributed by atoms with Gasteiger partial charge < -0.3 is 15.5 Å². The molecule has 0 spiro atoms. The number of fused-ring (bicyclic) bond motifs is 1. The number of hydrogen-bond acceptors (Lipinski definition) is 3. The molecule has 4 amide bonds. The predicted molar refractivity (Wildman–Crippen MR) is 113 cm³/mol. The van der Waals surface area contributed by atoms with Crippen LogP contribution >= 0.6 is 0 Å². The summed E-state index contributed by atoms with van der Waals surface area (Å²) in [6, 6.07) is 18.1. The summed E-state index contributed by atoms with van der Waals surface area (Å²) in [6.07, 6.45) is 0. The van der Waals surface area contributed by atoms with E-state index in [1.807, 2.05) is 42.5 Å². The zero-order valence-corrected chi connectivity index (χ0v) is 16.4. The van der Waals surface area contributed by atoms with Gasteiger partial charge in [-0.05, 0) is 23.6 Å². The van der Waals surface area contributed by atoms with Crippen LogP contribution in [0.2, 0.25) is 0 Å². The van der Waals surface area contributed by atoms with Crippen molar-refractivity contribution in [1.29, 1.82) is 0 Å². The lowest BCUT2D eigenvalue weighted by Crippen LogP contribution is -3.11. The number of carbonyl (C=O) groups excluding carboxylic acids is 3. The van der Waals surface area contributed by atoms with Crippen molar-refractivity contribution in [1.82, 2.24) is 5.32 Å². The van der Waals surface area contributed by atoms with Gasteiger partial charge in [0.15, 0.2) is 13.1 Å². The van der Waals surface area contributed by atoms with Crippen LogP contribution in [-0.4, -0.2) is 38.0 Å². The molecular formula is C22H22FN4O3+. The van der Waals surface area contributed by atoms with Gasteiger partial charge in [-0.25, -0.2) is 9.18 Å². The number of imide groups is 1. The number of rotatable bonds is 6. The average molecular weight is 409 g/mol. The van der Waals surface area contributed by atoms with E-state index in [1.54, 1.807) is 13.1 Å². The highest BCUT2D eigenvalue weighted by Crippen LogP contribution is 2.22. The number of benzene rings is 3. The van der Waals surface area contributed by atoms with Crippen molar-refractivity contribution in [2.24, 2.45) is 0 Å².